The lowest BCUT2D eigenvalue weighted by atomic mass is 10.2. The highest BCUT2D eigenvalue weighted by atomic mass is 16.3. The Morgan fingerprint density at radius 3 is 2.65 bits per heavy atom. The third-order valence-electron chi connectivity index (χ3n) is 2.67. The first-order chi connectivity index (χ1) is 9.45. The Bertz CT molecular complexity index is 476. The van der Waals surface area contributed by atoms with E-state index in [0.717, 1.165) is 0 Å². The van der Waals surface area contributed by atoms with Crippen molar-refractivity contribution in [3.63, 3.8) is 0 Å². The number of hydrogen-bond acceptors (Lipinski definition) is 4. The van der Waals surface area contributed by atoms with E-state index in [1.165, 1.54) is 16.0 Å². The van der Waals surface area contributed by atoms with E-state index < -0.39 is 0 Å². The molecule has 3 amide bonds. The Morgan fingerprint density at radius 1 is 1.35 bits per heavy atom. The molecule has 0 spiro atoms. The number of hydrogen-bond donors (Lipinski definition) is 2. The van der Waals surface area contributed by atoms with Gasteiger partial charge in [-0.1, -0.05) is 0 Å². The van der Waals surface area contributed by atoms with E-state index in [-0.39, 0.29) is 31.6 Å². The van der Waals surface area contributed by atoms with Crippen molar-refractivity contribution in [2.75, 3.05) is 34.3 Å². The topological polar surface area (TPSA) is 85.8 Å². The van der Waals surface area contributed by atoms with Gasteiger partial charge in [-0.3, -0.25) is 9.78 Å². The molecule has 1 rings (SSSR count). The second kappa shape index (κ2) is 7.44. The van der Waals surface area contributed by atoms with Crippen molar-refractivity contribution in [3.05, 3.63) is 29.6 Å². The van der Waals surface area contributed by atoms with E-state index >= 15 is 0 Å². The summed E-state index contributed by atoms with van der Waals surface area (Å²) >= 11 is 0. The van der Waals surface area contributed by atoms with Crippen LogP contribution in [0.25, 0.3) is 0 Å². The maximum Gasteiger partial charge on any atom is 0.317 e. The zero-order valence-electron chi connectivity index (χ0n) is 12.0. The van der Waals surface area contributed by atoms with Crippen LogP contribution < -0.4 is 5.32 Å². The molecule has 0 saturated heterocycles. The van der Waals surface area contributed by atoms with Crippen molar-refractivity contribution in [2.24, 2.45) is 0 Å². The second-order valence-corrected chi connectivity index (χ2v) is 4.54. The van der Waals surface area contributed by atoms with Gasteiger partial charge in [-0.15, -0.1) is 0 Å². The maximum atomic E-state index is 12.0. The number of pyridine rings is 1. The Morgan fingerprint density at radius 2 is 2.05 bits per heavy atom. The molecule has 1 heterocycles. The van der Waals surface area contributed by atoms with Crippen LogP contribution in [-0.4, -0.2) is 66.1 Å². The molecular weight excluding hydrogens is 260 g/mol. The van der Waals surface area contributed by atoms with Crippen molar-refractivity contribution in [1.82, 2.24) is 20.1 Å². The van der Waals surface area contributed by atoms with Crippen molar-refractivity contribution < 1.29 is 14.7 Å². The van der Waals surface area contributed by atoms with Gasteiger partial charge in [0.15, 0.2) is 0 Å². The Hall–Kier alpha value is -2.15. The van der Waals surface area contributed by atoms with Crippen LogP contribution in [0.3, 0.4) is 0 Å². The highest BCUT2D eigenvalue weighted by Crippen LogP contribution is 2.05. The summed E-state index contributed by atoms with van der Waals surface area (Å²) in [5.41, 5.74) is 1.08. The van der Waals surface area contributed by atoms with Crippen LogP contribution in [0.15, 0.2) is 18.3 Å². The van der Waals surface area contributed by atoms with Crippen LogP contribution in [0.4, 0.5) is 4.79 Å². The molecule has 1 aromatic heterocycles. The molecule has 0 fully saturated rings. The minimum absolute atomic E-state index is 0.0843. The summed E-state index contributed by atoms with van der Waals surface area (Å²) in [7, 11) is 4.91. The smallest absolute Gasteiger partial charge is 0.317 e. The van der Waals surface area contributed by atoms with Gasteiger partial charge in [-0.25, -0.2) is 4.79 Å². The first-order valence-corrected chi connectivity index (χ1v) is 6.22. The molecule has 110 valence electrons. The molecule has 0 aliphatic carbocycles. The Kier molecular flexibility index (Phi) is 5.92. The number of aliphatic hydroxyl groups excluding tert-OH is 1. The van der Waals surface area contributed by atoms with Crippen molar-refractivity contribution in [2.45, 2.75) is 6.54 Å². The zero-order valence-corrected chi connectivity index (χ0v) is 12.0. The number of nitrogens with one attached hydrogen (secondary N) is 1. The quantitative estimate of drug-likeness (QED) is 0.790. The fraction of sp³-hybridized carbons (Fsp3) is 0.462. The summed E-state index contributed by atoms with van der Waals surface area (Å²) in [5, 5.41) is 11.5. The highest BCUT2D eigenvalue weighted by molar-refractivity contribution is 5.94. The van der Waals surface area contributed by atoms with Crippen LogP contribution >= 0.6 is 0 Å². The van der Waals surface area contributed by atoms with E-state index in [1.807, 2.05) is 0 Å². The number of aromatic nitrogens is 1. The van der Waals surface area contributed by atoms with Gasteiger partial charge in [0.05, 0.1) is 18.8 Å². The van der Waals surface area contributed by atoms with Crippen LogP contribution in [0.1, 0.15) is 16.1 Å². The molecule has 1 aromatic rings. The molecule has 2 N–H and O–H groups in total. The number of carbonyl (C=O) groups excluding carboxylic acids is 2. The van der Waals surface area contributed by atoms with Crippen LogP contribution in [0, 0.1) is 0 Å². The van der Waals surface area contributed by atoms with Crippen LogP contribution in [0.2, 0.25) is 0 Å². The third-order valence-corrected chi connectivity index (χ3v) is 2.67. The Labute approximate surface area is 118 Å². The molecule has 0 aliphatic heterocycles. The molecule has 0 radical (unpaired) electrons. The summed E-state index contributed by atoms with van der Waals surface area (Å²) in [4.78, 5) is 30.4. The standard InChI is InChI=1S/C13H20N4O3/c1-16(2)13(20)15-9-11-8-10(4-5-14-11)12(19)17(3)6-7-18/h4-5,8,18H,6-7,9H2,1-3H3,(H,15,20). The summed E-state index contributed by atoms with van der Waals surface area (Å²) in [6, 6.07) is 3.01. The molecule has 0 aliphatic rings. The monoisotopic (exact) mass is 280 g/mol. The van der Waals surface area contributed by atoms with E-state index in [2.05, 4.69) is 10.3 Å². The number of rotatable bonds is 5. The van der Waals surface area contributed by atoms with Gasteiger partial charge >= 0.3 is 6.03 Å². The number of carbonyl (C=O) groups is 2. The lowest BCUT2D eigenvalue weighted by Gasteiger charge is -2.16. The van der Waals surface area contributed by atoms with Crippen molar-refractivity contribution >= 4 is 11.9 Å². The highest BCUT2D eigenvalue weighted by Gasteiger charge is 2.12. The number of likely N-dealkylation sites (N-methyl/N-ethyl adjacent to an activating group) is 1. The lowest BCUT2D eigenvalue weighted by Crippen LogP contribution is -2.34. The zero-order chi connectivity index (χ0) is 15.1. The van der Waals surface area contributed by atoms with Crippen molar-refractivity contribution in [3.8, 4) is 0 Å². The number of aliphatic hydroxyl groups is 1. The van der Waals surface area contributed by atoms with Crippen LogP contribution in [-0.2, 0) is 6.54 Å². The average molecular weight is 280 g/mol. The third kappa shape index (κ3) is 4.51. The summed E-state index contributed by atoms with van der Waals surface area (Å²) in [6.07, 6.45) is 1.52. The number of amides is 3. The molecule has 0 atom stereocenters. The fourth-order valence-corrected chi connectivity index (χ4v) is 1.50. The second-order valence-electron chi connectivity index (χ2n) is 4.54. The van der Waals surface area contributed by atoms with Gasteiger partial charge in [0.1, 0.15) is 0 Å². The first kappa shape index (κ1) is 15.9. The van der Waals surface area contributed by atoms with E-state index in [9.17, 15) is 9.59 Å². The van der Waals surface area contributed by atoms with E-state index in [0.29, 0.717) is 11.3 Å². The molecule has 0 unspecified atom stereocenters. The normalized spacial score (nSPS) is 10.0. The van der Waals surface area contributed by atoms with Crippen molar-refractivity contribution in [1.29, 1.82) is 0 Å². The molecule has 0 aromatic carbocycles. The SMILES string of the molecule is CN(C)C(=O)NCc1cc(C(=O)N(C)CCO)ccn1. The number of nitrogens with zero attached hydrogens (tertiary/aromatic N) is 3. The summed E-state index contributed by atoms with van der Waals surface area (Å²) < 4.78 is 0. The number of urea groups is 1. The Balaban J connectivity index is 2.70. The minimum atomic E-state index is -0.221. The summed E-state index contributed by atoms with van der Waals surface area (Å²) in [6.45, 7) is 0.439. The van der Waals surface area contributed by atoms with E-state index in [4.69, 9.17) is 5.11 Å². The van der Waals surface area contributed by atoms with Gasteiger partial charge in [-0.2, -0.15) is 0 Å². The predicted molar refractivity (Wildman–Crippen MR) is 74.2 cm³/mol. The van der Waals surface area contributed by atoms with E-state index in [1.54, 1.807) is 33.3 Å². The molecule has 0 bridgehead atoms. The van der Waals surface area contributed by atoms with Gasteiger partial charge in [-0.05, 0) is 12.1 Å². The van der Waals surface area contributed by atoms with Crippen LogP contribution in [0.5, 0.6) is 0 Å². The lowest BCUT2D eigenvalue weighted by molar-refractivity contribution is 0.0766. The first-order valence-electron chi connectivity index (χ1n) is 6.22. The predicted octanol–water partition coefficient (Wildman–Crippen LogP) is -0.0829. The van der Waals surface area contributed by atoms with Gasteiger partial charge in [0, 0.05) is 39.4 Å². The van der Waals surface area contributed by atoms with Gasteiger partial charge in [0.2, 0.25) is 0 Å². The fourth-order valence-electron chi connectivity index (χ4n) is 1.50. The van der Waals surface area contributed by atoms with Gasteiger partial charge in [0.25, 0.3) is 5.91 Å². The summed E-state index contributed by atoms with van der Waals surface area (Å²) in [5.74, 6) is -0.193. The minimum Gasteiger partial charge on any atom is -0.395 e. The maximum absolute atomic E-state index is 12.0. The molecule has 0 saturated carbocycles. The largest absolute Gasteiger partial charge is 0.395 e. The van der Waals surface area contributed by atoms with Gasteiger partial charge < -0.3 is 20.2 Å². The molecule has 7 nitrogen and oxygen atoms in total. The molecule has 20 heavy (non-hydrogen) atoms. The molecular formula is C13H20N4O3. The average Bonchev–Trinajstić information content (AvgIpc) is 2.44. The molecule has 7 heteroatoms.